The van der Waals surface area contributed by atoms with Gasteiger partial charge in [-0.2, -0.15) is 0 Å². The first-order valence-corrected chi connectivity index (χ1v) is 6.77. The van der Waals surface area contributed by atoms with E-state index in [4.69, 9.17) is 0 Å². The van der Waals surface area contributed by atoms with Crippen LogP contribution in [0.3, 0.4) is 0 Å². The van der Waals surface area contributed by atoms with Crippen molar-refractivity contribution in [3.8, 4) is 0 Å². The van der Waals surface area contributed by atoms with Crippen LogP contribution >= 0.6 is 0 Å². The second-order valence-corrected chi connectivity index (χ2v) is 5.99. The van der Waals surface area contributed by atoms with E-state index in [1.54, 1.807) is 0 Å². The highest BCUT2D eigenvalue weighted by atomic mass is 32.2. The Hall–Kier alpha value is -1.08. The maximum Gasteiger partial charge on any atom is 0.194 e. The predicted octanol–water partition coefficient (Wildman–Crippen LogP) is 1.57. The van der Waals surface area contributed by atoms with Crippen LogP contribution in [0.25, 0.3) is 0 Å². The van der Waals surface area contributed by atoms with Crippen molar-refractivity contribution in [3.63, 3.8) is 0 Å². The van der Waals surface area contributed by atoms with E-state index in [-0.39, 0.29) is 17.7 Å². The van der Waals surface area contributed by atoms with Crippen LogP contribution < -0.4 is 0 Å². The minimum atomic E-state index is -3.28. The van der Waals surface area contributed by atoms with Crippen LogP contribution in [0.2, 0.25) is 0 Å². The van der Waals surface area contributed by atoms with Gasteiger partial charge in [-0.25, -0.2) is 21.6 Å². The lowest BCUT2D eigenvalue weighted by molar-refractivity contribution is 0.173. The van der Waals surface area contributed by atoms with Crippen molar-refractivity contribution in [2.75, 3.05) is 12.0 Å². The highest BCUT2D eigenvalue weighted by Crippen LogP contribution is 2.21. The fraction of sp³-hybridized carbons (Fsp3) is 0.400. The molecule has 0 aliphatic rings. The molecule has 96 valence electrons. The molecule has 0 fully saturated rings. The van der Waals surface area contributed by atoms with Gasteiger partial charge in [0.2, 0.25) is 0 Å². The average Bonchev–Trinajstić information content (AvgIpc) is 2.20. The molecule has 0 radical (unpaired) electrons. The van der Waals surface area contributed by atoms with Gasteiger partial charge in [-0.1, -0.05) is 0 Å². The van der Waals surface area contributed by atoms with Gasteiger partial charge >= 0.3 is 0 Å². The molecule has 0 saturated carbocycles. The quantitative estimate of drug-likeness (QED) is 0.843. The Kier molecular flexibility index (Phi) is 4.16. The van der Waals surface area contributed by atoms with E-state index in [1.165, 1.54) is 0 Å². The summed E-state index contributed by atoms with van der Waals surface area (Å²) in [4.78, 5) is 0. The molecule has 0 aliphatic heterocycles. The summed E-state index contributed by atoms with van der Waals surface area (Å²) >= 11 is 0. The van der Waals surface area contributed by atoms with E-state index in [2.05, 4.69) is 0 Å². The smallest absolute Gasteiger partial charge is 0.194 e. The second kappa shape index (κ2) is 5.05. The third-order valence-corrected chi connectivity index (χ3v) is 3.13. The molecule has 0 saturated heterocycles. The van der Waals surface area contributed by atoms with Crippen LogP contribution in [0.4, 0.5) is 13.2 Å². The highest BCUT2D eigenvalue weighted by Gasteiger charge is 2.17. The van der Waals surface area contributed by atoms with Gasteiger partial charge in [0.15, 0.2) is 17.5 Å². The van der Waals surface area contributed by atoms with Crippen molar-refractivity contribution >= 4 is 9.84 Å². The van der Waals surface area contributed by atoms with Gasteiger partial charge in [0.25, 0.3) is 0 Å². The first kappa shape index (κ1) is 14.0. The molecular formula is C10H11F3O3S. The van der Waals surface area contributed by atoms with Crippen molar-refractivity contribution in [1.29, 1.82) is 0 Å². The van der Waals surface area contributed by atoms with E-state index < -0.39 is 33.4 Å². The normalized spacial score (nSPS) is 13.7. The molecule has 0 spiro atoms. The van der Waals surface area contributed by atoms with Crippen molar-refractivity contribution in [2.24, 2.45) is 0 Å². The summed E-state index contributed by atoms with van der Waals surface area (Å²) in [5, 5.41) is 9.50. The van der Waals surface area contributed by atoms with E-state index in [1.807, 2.05) is 0 Å². The Balaban J connectivity index is 2.86. The summed E-state index contributed by atoms with van der Waals surface area (Å²) in [5.41, 5.74) is -0.190. The molecule has 1 aromatic carbocycles. The van der Waals surface area contributed by atoms with Crippen molar-refractivity contribution in [2.45, 2.75) is 12.5 Å². The molecule has 1 rings (SSSR count). The van der Waals surface area contributed by atoms with Gasteiger partial charge in [0, 0.05) is 6.26 Å². The molecule has 0 heterocycles. The summed E-state index contributed by atoms with van der Waals surface area (Å²) in [6.07, 6.45) is -0.580. The number of rotatable bonds is 4. The molecular weight excluding hydrogens is 257 g/mol. The molecule has 1 N–H and O–H groups in total. The Morgan fingerprint density at radius 3 is 2.12 bits per heavy atom. The molecule has 0 aromatic heterocycles. The Labute approximate surface area is 96.8 Å². The fourth-order valence-electron chi connectivity index (χ4n) is 1.26. The van der Waals surface area contributed by atoms with Crippen LogP contribution in [0.1, 0.15) is 18.1 Å². The number of aliphatic hydroxyl groups is 1. The first-order valence-electron chi connectivity index (χ1n) is 4.71. The van der Waals surface area contributed by atoms with Crippen LogP contribution in [0.5, 0.6) is 0 Å². The monoisotopic (exact) mass is 268 g/mol. The van der Waals surface area contributed by atoms with Crippen molar-refractivity contribution in [3.05, 3.63) is 35.1 Å². The lowest BCUT2D eigenvalue weighted by Gasteiger charge is -2.10. The number of halogens is 3. The Morgan fingerprint density at radius 1 is 1.24 bits per heavy atom. The zero-order valence-corrected chi connectivity index (χ0v) is 9.77. The standard InChI is InChI=1S/C10H11F3O3S/c1-17(15,16)3-2-9(14)6-4-7(11)10(13)8(12)5-6/h4-5,9,14H,2-3H2,1H3. The van der Waals surface area contributed by atoms with E-state index in [0.29, 0.717) is 12.1 Å². The molecule has 0 bridgehead atoms. The summed E-state index contributed by atoms with van der Waals surface area (Å²) in [5.74, 6) is -4.78. The predicted molar refractivity (Wildman–Crippen MR) is 55.6 cm³/mol. The SMILES string of the molecule is CS(=O)(=O)CCC(O)c1cc(F)c(F)c(F)c1. The Bertz CT molecular complexity index is 491. The van der Waals surface area contributed by atoms with Gasteiger partial charge in [-0.05, 0) is 24.1 Å². The van der Waals surface area contributed by atoms with Gasteiger partial charge < -0.3 is 5.11 Å². The Morgan fingerprint density at radius 2 is 1.71 bits per heavy atom. The minimum Gasteiger partial charge on any atom is -0.388 e. The molecule has 3 nitrogen and oxygen atoms in total. The fourth-order valence-corrected chi connectivity index (χ4v) is 1.91. The van der Waals surface area contributed by atoms with Crippen LogP contribution in [-0.4, -0.2) is 25.5 Å². The van der Waals surface area contributed by atoms with Crippen LogP contribution in [-0.2, 0) is 9.84 Å². The number of aliphatic hydroxyl groups excluding tert-OH is 1. The van der Waals surface area contributed by atoms with Crippen molar-refractivity contribution < 1.29 is 26.7 Å². The number of hydrogen-bond acceptors (Lipinski definition) is 3. The molecule has 0 aliphatic carbocycles. The number of benzene rings is 1. The molecule has 17 heavy (non-hydrogen) atoms. The zero-order valence-electron chi connectivity index (χ0n) is 8.95. The number of sulfone groups is 1. The summed E-state index contributed by atoms with van der Waals surface area (Å²) in [7, 11) is -3.28. The number of hydrogen-bond donors (Lipinski definition) is 1. The van der Waals surface area contributed by atoms with Gasteiger partial charge in [-0.15, -0.1) is 0 Å². The largest absolute Gasteiger partial charge is 0.388 e. The van der Waals surface area contributed by atoms with E-state index in [0.717, 1.165) is 6.26 Å². The highest BCUT2D eigenvalue weighted by molar-refractivity contribution is 7.90. The van der Waals surface area contributed by atoms with Gasteiger partial charge in [0.05, 0.1) is 11.9 Å². The lowest BCUT2D eigenvalue weighted by Crippen LogP contribution is -2.09. The molecule has 1 aromatic rings. The maximum atomic E-state index is 12.8. The third-order valence-electron chi connectivity index (χ3n) is 2.15. The van der Waals surface area contributed by atoms with Gasteiger partial charge in [-0.3, -0.25) is 0 Å². The lowest BCUT2D eigenvalue weighted by atomic mass is 10.1. The van der Waals surface area contributed by atoms with Crippen LogP contribution in [0, 0.1) is 17.5 Å². The molecule has 0 amide bonds. The summed E-state index contributed by atoms with van der Waals surface area (Å²) in [6, 6.07) is 1.29. The van der Waals surface area contributed by atoms with E-state index in [9.17, 15) is 26.7 Å². The van der Waals surface area contributed by atoms with Gasteiger partial charge in [0.1, 0.15) is 9.84 Å². The molecule has 7 heteroatoms. The minimum absolute atomic E-state index is 0.190. The first-order chi connectivity index (χ1) is 7.70. The zero-order chi connectivity index (χ0) is 13.2. The van der Waals surface area contributed by atoms with Crippen molar-refractivity contribution in [1.82, 2.24) is 0 Å². The summed E-state index contributed by atoms with van der Waals surface area (Å²) in [6.45, 7) is 0. The molecule has 1 atom stereocenters. The topological polar surface area (TPSA) is 54.4 Å². The third kappa shape index (κ3) is 4.01. The molecule has 1 unspecified atom stereocenters. The second-order valence-electron chi connectivity index (χ2n) is 3.73. The van der Waals surface area contributed by atoms with E-state index >= 15 is 0 Å². The average molecular weight is 268 g/mol. The summed E-state index contributed by atoms with van der Waals surface area (Å²) < 4.78 is 60.0. The maximum absolute atomic E-state index is 12.8. The van der Waals surface area contributed by atoms with Crippen LogP contribution in [0.15, 0.2) is 12.1 Å².